The summed E-state index contributed by atoms with van der Waals surface area (Å²) in [7, 11) is 1.70. The van der Waals surface area contributed by atoms with Crippen molar-refractivity contribution in [1.29, 1.82) is 0 Å². The first-order valence-electron chi connectivity index (χ1n) is 5.55. The predicted octanol–water partition coefficient (Wildman–Crippen LogP) is 2.42. The van der Waals surface area contributed by atoms with Crippen LogP contribution in [0.25, 0.3) is 0 Å². The number of nitrogens with two attached hydrogens (primary N) is 1. The van der Waals surface area contributed by atoms with Crippen molar-refractivity contribution >= 4 is 11.6 Å². The third-order valence-electron chi connectivity index (χ3n) is 2.67. The van der Waals surface area contributed by atoms with Crippen LogP contribution in [0.2, 0.25) is 5.02 Å². The largest absolute Gasteiger partial charge is 0.380 e. The molecule has 0 aliphatic rings. The molecule has 1 aromatic heterocycles. The maximum atomic E-state index is 6.11. The van der Waals surface area contributed by atoms with E-state index in [9.17, 15) is 0 Å². The number of methoxy groups -OCH3 is 1. The van der Waals surface area contributed by atoms with Crippen LogP contribution >= 0.6 is 11.6 Å². The summed E-state index contributed by atoms with van der Waals surface area (Å²) in [6, 6.07) is 1.88. The Balaban J connectivity index is 2.62. The van der Waals surface area contributed by atoms with Crippen molar-refractivity contribution in [2.24, 2.45) is 5.73 Å². The Morgan fingerprint density at radius 2 is 2.31 bits per heavy atom. The first-order valence-corrected chi connectivity index (χ1v) is 5.93. The van der Waals surface area contributed by atoms with E-state index in [0.717, 1.165) is 24.8 Å². The third kappa shape index (κ3) is 3.74. The highest BCUT2D eigenvalue weighted by molar-refractivity contribution is 6.31. The molecule has 4 heteroatoms. The number of rotatable bonds is 6. The second-order valence-corrected chi connectivity index (χ2v) is 4.31. The summed E-state index contributed by atoms with van der Waals surface area (Å²) >= 11 is 6.03. The van der Waals surface area contributed by atoms with Crippen LogP contribution in [0.3, 0.4) is 0 Å². The molecule has 0 radical (unpaired) electrons. The summed E-state index contributed by atoms with van der Waals surface area (Å²) in [5, 5.41) is 0.671. The highest BCUT2D eigenvalue weighted by Gasteiger charge is 2.17. The molecule has 0 saturated heterocycles. The normalized spacial score (nSPS) is 14.8. The van der Waals surface area contributed by atoms with E-state index in [1.54, 1.807) is 19.5 Å². The Morgan fingerprint density at radius 1 is 1.56 bits per heavy atom. The van der Waals surface area contributed by atoms with Gasteiger partial charge in [0.25, 0.3) is 0 Å². The van der Waals surface area contributed by atoms with Gasteiger partial charge in [0, 0.05) is 25.5 Å². The lowest BCUT2D eigenvalue weighted by Gasteiger charge is -2.22. The second-order valence-electron chi connectivity index (χ2n) is 3.90. The molecule has 16 heavy (non-hydrogen) atoms. The number of nitrogens with zero attached hydrogens (tertiary/aromatic N) is 1. The van der Waals surface area contributed by atoms with Gasteiger partial charge in [-0.25, -0.2) is 0 Å². The van der Waals surface area contributed by atoms with Crippen LogP contribution in [0, 0.1) is 0 Å². The lowest BCUT2D eigenvalue weighted by molar-refractivity contribution is 0.0727. The van der Waals surface area contributed by atoms with Crippen LogP contribution in [0.1, 0.15) is 25.3 Å². The monoisotopic (exact) mass is 242 g/mol. The van der Waals surface area contributed by atoms with Gasteiger partial charge in [-0.15, -0.1) is 0 Å². The summed E-state index contributed by atoms with van der Waals surface area (Å²) in [6.45, 7) is 2.12. The summed E-state index contributed by atoms with van der Waals surface area (Å²) in [5.74, 6) is 0. The molecule has 1 heterocycles. The van der Waals surface area contributed by atoms with Crippen LogP contribution in [0.5, 0.6) is 0 Å². The molecule has 0 spiro atoms. The number of pyridine rings is 1. The van der Waals surface area contributed by atoms with E-state index < -0.39 is 0 Å². The molecule has 2 N–H and O–H groups in total. The van der Waals surface area contributed by atoms with E-state index in [1.807, 2.05) is 6.07 Å². The Hall–Kier alpha value is -0.640. The van der Waals surface area contributed by atoms with Gasteiger partial charge in [0.2, 0.25) is 0 Å². The number of hydrogen-bond acceptors (Lipinski definition) is 3. The smallest absolute Gasteiger partial charge is 0.0725 e. The predicted molar refractivity (Wildman–Crippen MR) is 66.6 cm³/mol. The van der Waals surface area contributed by atoms with Gasteiger partial charge < -0.3 is 10.5 Å². The highest BCUT2D eigenvalue weighted by Crippen LogP contribution is 2.17. The number of hydrogen-bond donors (Lipinski definition) is 1. The maximum absolute atomic E-state index is 6.11. The fourth-order valence-corrected chi connectivity index (χ4v) is 1.94. The highest BCUT2D eigenvalue weighted by atomic mass is 35.5. The molecule has 3 nitrogen and oxygen atoms in total. The molecule has 0 aromatic carbocycles. The van der Waals surface area contributed by atoms with Crippen LogP contribution in [0.4, 0.5) is 0 Å². The molecule has 0 amide bonds. The fourth-order valence-electron chi connectivity index (χ4n) is 1.75. The molecule has 0 bridgehead atoms. The van der Waals surface area contributed by atoms with E-state index in [1.165, 1.54) is 0 Å². The van der Waals surface area contributed by atoms with Crippen molar-refractivity contribution in [3.05, 3.63) is 29.0 Å². The standard InChI is InChI=1S/C12H19ClN2O/c1-3-4-12(16-2)11(14)7-9-5-6-15-8-10(9)13/h5-6,8,11-12H,3-4,7,14H2,1-2H3. The van der Waals surface area contributed by atoms with Gasteiger partial charge in [0.1, 0.15) is 0 Å². The summed E-state index contributed by atoms with van der Waals surface area (Å²) in [4.78, 5) is 3.95. The van der Waals surface area contributed by atoms with Crippen molar-refractivity contribution < 1.29 is 4.74 Å². The van der Waals surface area contributed by atoms with Gasteiger partial charge in [-0.2, -0.15) is 0 Å². The van der Waals surface area contributed by atoms with Gasteiger partial charge in [-0.1, -0.05) is 24.9 Å². The Labute approximate surface area is 102 Å². The van der Waals surface area contributed by atoms with Gasteiger partial charge in [0.05, 0.1) is 11.1 Å². The zero-order valence-corrected chi connectivity index (χ0v) is 10.6. The minimum atomic E-state index is -0.0233. The SMILES string of the molecule is CCCC(OC)C(N)Cc1ccncc1Cl. The zero-order chi connectivity index (χ0) is 12.0. The summed E-state index contributed by atoms with van der Waals surface area (Å²) in [6.07, 6.45) is 6.23. The maximum Gasteiger partial charge on any atom is 0.0725 e. The Morgan fingerprint density at radius 3 is 2.88 bits per heavy atom. The zero-order valence-electron chi connectivity index (χ0n) is 9.82. The minimum Gasteiger partial charge on any atom is -0.380 e. The van der Waals surface area contributed by atoms with Gasteiger partial charge in [0.15, 0.2) is 0 Å². The first kappa shape index (κ1) is 13.4. The van der Waals surface area contributed by atoms with Gasteiger partial charge in [-0.3, -0.25) is 4.98 Å². The van der Waals surface area contributed by atoms with E-state index in [0.29, 0.717) is 5.02 Å². The van der Waals surface area contributed by atoms with Crippen LogP contribution in [-0.2, 0) is 11.2 Å². The topological polar surface area (TPSA) is 48.1 Å². The lowest BCUT2D eigenvalue weighted by atomic mass is 10.00. The molecule has 0 aliphatic carbocycles. The van der Waals surface area contributed by atoms with Crippen molar-refractivity contribution in [3.8, 4) is 0 Å². The Bertz CT molecular complexity index is 320. The van der Waals surface area contributed by atoms with Crippen molar-refractivity contribution in [1.82, 2.24) is 4.98 Å². The van der Waals surface area contributed by atoms with E-state index in [2.05, 4.69) is 11.9 Å². The molecule has 0 saturated carbocycles. The molecular weight excluding hydrogens is 224 g/mol. The van der Waals surface area contributed by atoms with Crippen LogP contribution in [-0.4, -0.2) is 24.2 Å². The molecule has 2 unspecified atom stereocenters. The molecule has 0 aliphatic heterocycles. The molecule has 0 fully saturated rings. The van der Waals surface area contributed by atoms with Crippen LogP contribution in [0.15, 0.2) is 18.5 Å². The first-order chi connectivity index (χ1) is 7.69. The van der Waals surface area contributed by atoms with E-state index >= 15 is 0 Å². The average molecular weight is 243 g/mol. The minimum absolute atomic E-state index is 0.0233. The third-order valence-corrected chi connectivity index (χ3v) is 3.01. The number of halogens is 1. The van der Waals surface area contributed by atoms with Crippen molar-refractivity contribution in [3.63, 3.8) is 0 Å². The summed E-state index contributed by atoms with van der Waals surface area (Å²) in [5.41, 5.74) is 7.14. The molecule has 1 aromatic rings. The molecule has 2 atom stereocenters. The number of ether oxygens (including phenoxy) is 1. The Kier molecular flexibility index (Phi) is 5.74. The van der Waals surface area contributed by atoms with Crippen molar-refractivity contribution in [2.75, 3.05) is 7.11 Å². The molecule has 1 rings (SSSR count). The number of aromatic nitrogens is 1. The average Bonchev–Trinajstić information content (AvgIpc) is 2.29. The van der Waals surface area contributed by atoms with E-state index in [4.69, 9.17) is 22.1 Å². The molecular formula is C12H19ClN2O. The molecule has 90 valence electrons. The van der Waals surface area contributed by atoms with E-state index in [-0.39, 0.29) is 12.1 Å². The lowest BCUT2D eigenvalue weighted by Crippen LogP contribution is -2.38. The van der Waals surface area contributed by atoms with Gasteiger partial charge in [-0.05, 0) is 24.5 Å². The van der Waals surface area contributed by atoms with Gasteiger partial charge >= 0.3 is 0 Å². The van der Waals surface area contributed by atoms with Crippen LogP contribution < -0.4 is 5.73 Å². The summed E-state index contributed by atoms with van der Waals surface area (Å²) < 4.78 is 5.38. The van der Waals surface area contributed by atoms with Crippen molar-refractivity contribution in [2.45, 2.75) is 38.3 Å². The fraction of sp³-hybridized carbons (Fsp3) is 0.583. The quantitative estimate of drug-likeness (QED) is 0.834. The second kappa shape index (κ2) is 6.84.